The van der Waals surface area contributed by atoms with Crippen LogP contribution in [0.15, 0.2) is 48.7 Å². The molecule has 0 fully saturated rings. The number of aryl methyl sites for hydroxylation is 1. The zero-order valence-electron chi connectivity index (χ0n) is 9.09. The summed E-state index contributed by atoms with van der Waals surface area (Å²) in [7, 11) is 0. The van der Waals surface area contributed by atoms with Crippen molar-refractivity contribution in [2.45, 2.75) is 13.5 Å². The zero-order valence-corrected chi connectivity index (χ0v) is 9.09. The van der Waals surface area contributed by atoms with Crippen LogP contribution in [-0.2, 0) is 11.3 Å². The lowest BCUT2D eigenvalue weighted by Crippen LogP contribution is -2.13. The van der Waals surface area contributed by atoms with Crippen LogP contribution in [0.4, 0.5) is 4.79 Å². The van der Waals surface area contributed by atoms with E-state index in [0.29, 0.717) is 6.61 Å². The van der Waals surface area contributed by atoms with Gasteiger partial charge in [0.15, 0.2) is 0 Å². The number of carbonyl (C=O) groups is 1. The van der Waals surface area contributed by atoms with Gasteiger partial charge >= 0.3 is 6.09 Å². The molecule has 2 rings (SSSR count). The molecule has 3 heteroatoms. The van der Waals surface area contributed by atoms with Crippen LogP contribution in [0, 0.1) is 6.92 Å². The molecular formula is C13H13NO2. The summed E-state index contributed by atoms with van der Waals surface area (Å²) in [6.45, 7) is 2.17. The van der Waals surface area contributed by atoms with E-state index in [1.165, 1.54) is 4.57 Å². The van der Waals surface area contributed by atoms with Crippen molar-refractivity contribution in [3.8, 4) is 0 Å². The third-order valence-electron chi connectivity index (χ3n) is 2.35. The minimum absolute atomic E-state index is 0.303. The topological polar surface area (TPSA) is 31.2 Å². The minimum atomic E-state index is -0.341. The molecule has 0 aliphatic carbocycles. The number of rotatable bonds is 2. The van der Waals surface area contributed by atoms with E-state index < -0.39 is 0 Å². The molecule has 2 aromatic rings. The van der Waals surface area contributed by atoms with Crippen LogP contribution in [0.3, 0.4) is 0 Å². The molecule has 0 saturated heterocycles. The van der Waals surface area contributed by atoms with Crippen molar-refractivity contribution in [2.24, 2.45) is 0 Å². The monoisotopic (exact) mass is 215 g/mol. The molecule has 16 heavy (non-hydrogen) atoms. The first-order valence-corrected chi connectivity index (χ1v) is 5.12. The van der Waals surface area contributed by atoms with Crippen LogP contribution in [0.2, 0.25) is 0 Å². The van der Waals surface area contributed by atoms with Crippen molar-refractivity contribution >= 4 is 6.09 Å². The van der Waals surface area contributed by atoms with Crippen molar-refractivity contribution in [3.05, 3.63) is 59.9 Å². The van der Waals surface area contributed by atoms with Gasteiger partial charge in [0.05, 0.1) is 0 Å². The van der Waals surface area contributed by atoms with E-state index in [2.05, 4.69) is 0 Å². The Morgan fingerprint density at radius 3 is 2.56 bits per heavy atom. The number of aromatic nitrogens is 1. The maximum Gasteiger partial charge on any atom is 0.418 e. The molecule has 0 radical (unpaired) electrons. The van der Waals surface area contributed by atoms with E-state index in [4.69, 9.17) is 4.74 Å². The van der Waals surface area contributed by atoms with Gasteiger partial charge in [-0.3, -0.25) is 4.57 Å². The highest BCUT2D eigenvalue weighted by molar-refractivity contribution is 5.71. The summed E-state index contributed by atoms with van der Waals surface area (Å²) in [4.78, 5) is 11.6. The van der Waals surface area contributed by atoms with Gasteiger partial charge in [0.1, 0.15) is 6.61 Å². The second-order valence-corrected chi connectivity index (χ2v) is 3.56. The number of benzene rings is 1. The van der Waals surface area contributed by atoms with Crippen LogP contribution in [-0.4, -0.2) is 10.7 Å². The SMILES string of the molecule is Cc1cccn1C(=O)OCc1ccccc1. The maximum atomic E-state index is 11.6. The summed E-state index contributed by atoms with van der Waals surface area (Å²) in [5.74, 6) is 0. The van der Waals surface area contributed by atoms with Gasteiger partial charge in [0.25, 0.3) is 0 Å². The molecule has 0 bridgehead atoms. The predicted octanol–water partition coefficient (Wildman–Crippen LogP) is 2.98. The largest absolute Gasteiger partial charge is 0.444 e. The van der Waals surface area contributed by atoms with Crippen molar-refractivity contribution in [1.82, 2.24) is 4.57 Å². The van der Waals surface area contributed by atoms with Crippen molar-refractivity contribution in [2.75, 3.05) is 0 Å². The lowest BCUT2D eigenvalue weighted by atomic mass is 10.2. The molecule has 3 nitrogen and oxygen atoms in total. The van der Waals surface area contributed by atoms with Gasteiger partial charge in [-0.25, -0.2) is 4.79 Å². The molecule has 0 aliphatic heterocycles. The summed E-state index contributed by atoms with van der Waals surface area (Å²) in [6, 6.07) is 13.3. The Morgan fingerprint density at radius 1 is 1.19 bits per heavy atom. The highest BCUT2D eigenvalue weighted by Crippen LogP contribution is 2.05. The van der Waals surface area contributed by atoms with Gasteiger partial charge in [-0.15, -0.1) is 0 Å². The molecule has 0 spiro atoms. The number of hydrogen-bond donors (Lipinski definition) is 0. The summed E-state index contributed by atoms with van der Waals surface area (Å²) in [5, 5.41) is 0. The minimum Gasteiger partial charge on any atom is -0.444 e. The Morgan fingerprint density at radius 2 is 1.94 bits per heavy atom. The molecule has 1 aromatic heterocycles. The Hall–Kier alpha value is -2.03. The standard InChI is InChI=1S/C13H13NO2/c1-11-6-5-9-14(11)13(15)16-10-12-7-3-2-4-8-12/h2-9H,10H2,1H3. The van der Waals surface area contributed by atoms with Crippen molar-refractivity contribution < 1.29 is 9.53 Å². The first-order chi connectivity index (χ1) is 7.77. The van der Waals surface area contributed by atoms with E-state index in [-0.39, 0.29) is 6.09 Å². The number of nitrogens with zero attached hydrogens (tertiary/aromatic N) is 1. The van der Waals surface area contributed by atoms with E-state index in [1.807, 2.05) is 49.4 Å². The fourth-order valence-electron chi connectivity index (χ4n) is 1.46. The predicted molar refractivity (Wildman–Crippen MR) is 61.2 cm³/mol. The zero-order chi connectivity index (χ0) is 11.4. The van der Waals surface area contributed by atoms with Crippen LogP contribution < -0.4 is 0 Å². The lowest BCUT2D eigenvalue weighted by Gasteiger charge is -2.06. The van der Waals surface area contributed by atoms with Gasteiger partial charge in [0.2, 0.25) is 0 Å². The first kappa shape index (κ1) is 10.5. The third-order valence-corrected chi connectivity index (χ3v) is 2.35. The van der Waals surface area contributed by atoms with E-state index in [9.17, 15) is 4.79 Å². The third kappa shape index (κ3) is 2.31. The van der Waals surface area contributed by atoms with Gasteiger partial charge in [-0.1, -0.05) is 30.3 Å². The Balaban J connectivity index is 1.97. The van der Waals surface area contributed by atoms with Crippen molar-refractivity contribution in [3.63, 3.8) is 0 Å². The molecule has 0 amide bonds. The Bertz CT molecular complexity index is 474. The van der Waals surface area contributed by atoms with E-state index in [0.717, 1.165) is 11.3 Å². The second kappa shape index (κ2) is 4.66. The smallest absolute Gasteiger partial charge is 0.418 e. The normalized spacial score (nSPS) is 10.1. The molecule has 1 heterocycles. The summed E-state index contributed by atoms with van der Waals surface area (Å²) < 4.78 is 6.67. The Labute approximate surface area is 94.3 Å². The van der Waals surface area contributed by atoms with Crippen LogP contribution in [0.25, 0.3) is 0 Å². The molecule has 1 aromatic carbocycles. The highest BCUT2D eigenvalue weighted by Gasteiger charge is 2.07. The molecule has 82 valence electrons. The number of hydrogen-bond acceptors (Lipinski definition) is 2. The molecule has 0 N–H and O–H groups in total. The van der Waals surface area contributed by atoms with Gasteiger partial charge in [-0.05, 0) is 24.6 Å². The summed E-state index contributed by atoms with van der Waals surface area (Å²) >= 11 is 0. The van der Waals surface area contributed by atoms with Gasteiger partial charge in [-0.2, -0.15) is 0 Å². The Kier molecular flexibility index (Phi) is 3.05. The second-order valence-electron chi connectivity index (χ2n) is 3.56. The molecule has 0 atom stereocenters. The quantitative estimate of drug-likeness (QED) is 0.771. The molecule has 0 aliphatic rings. The molecular weight excluding hydrogens is 202 g/mol. The first-order valence-electron chi connectivity index (χ1n) is 5.12. The summed E-state index contributed by atoms with van der Waals surface area (Å²) in [6.07, 6.45) is 1.36. The fraction of sp³-hybridized carbons (Fsp3) is 0.154. The average molecular weight is 215 g/mol. The summed E-state index contributed by atoms with van der Waals surface area (Å²) in [5.41, 5.74) is 1.86. The van der Waals surface area contributed by atoms with Crippen LogP contribution >= 0.6 is 0 Å². The van der Waals surface area contributed by atoms with Gasteiger partial charge in [0, 0.05) is 11.9 Å². The number of ether oxygens (including phenoxy) is 1. The van der Waals surface area contributed by atoms with E-state index in [1.54, 1.807) is 6.20 Å². The maximum absolute atomic E-state index is 11.6. The number of carbonyl (C=O) groups excluding carboxylic acids is 1. The lowest BCUT2D eigenvalue weighted by molar-refractivity contribution is 0.141. The molecule has 0 saturated carbocycles. The average Bonchev–Trinajstić information content (AvgIpc) is 2.74. The van der Waals surface area contributed by atoms with Crippen LogP contribution in [0.1, 0.15) is 11.3 Å². The highest BCUT2D eigenvalue weighted by atomic mass is 16.5. The van der Waals surface area contributed by atoms with Crippen molar-refractivity contribution in [1.29, 1.82) is 0 Å². The van der Waals surface area contributed by atoms with Crippen LogP contribution in [0.5, 0.6) is 0 Å². The fourth-order valence-corrected chi connectivity index (χ4v) is 1.46. The van der Waals surface area contributed by atoms with Gasteiger partial charge < -0.3 is 4.74 Å². The molecule has 0 unspecified atom stereocenters. The van der Waals surface area contributed by atoms with E-state index >= 15 is 0 Å².